The first-order valence-electron chi connectivity index (χ1n) is 6.96. The largest absolute Gasteiger partial charge is 0.154 e. The zero-order valence-corrected chi connectivity index (χ0v) is 14.1. The van der Waals surface area contributed by atoms with E-state index in [4.69, 9.17) is 11.6 Å². The van der Waals surface area contributed by atoms with Crippen LogP contribution in [0.3, 0.4) is 0 Å². The summed E-state index contributed by atoms with van der Waals surface area (Å²) in [4.78, 5) is 0. The number of hydrogen-bond donors (Lipinski definition) is 0. The van der Waals surface area contributed by atoms with Gasteiger partial charge in [0.2, 0.25) is 0 Å². The van der Waals surface area contributed by atoms with Gasteiger partial charge in [-0.15, -0.1) is 9.24 Å². The van der Waals surface area contributed by atoms with Crippen molar-refractivity contribution in [3.8, 4) is 11.3 Å². The van der Waals surface area contributed by atoms with Crippen LogP contribution in [0.2, 0.25) is 5.02 Å². The molecule has 106 valence electrons. The predicted octanol–water partition coefficient (Wildman–Crippen LogP) is 4.51. The minimum absolute atomic E-state index is 0.492. The fourth-order valence-electron chi connectivity index (χ4n) is 2.46. The fraction of sp³-hybridized carbons (Fsp3) is 0.375. The number of nitrogens with zero attached hydrogens (tertiary/aromatic N) is 2. The molecule has 1 aromatic heterocycles. The van der Waals surface area contributed by atoms with E-state index in [2.05, 4.69) is 46.3 Å². The number of benzene rings is 1. The standard InChI is InChI=1S/C16H20ClN2P/c1-4-11(5-2)16-10(3)8-14(18-19-16)13-9-12(17)6-7-15(13)20/h6-9,11H,4-5,20H2,1-3H3. The van der Waals surface area contributed by atoms with E-state index >= 15 is 0 Å². The molecule has 0 aliphatic rings. The van der Waals surface area contributed by atoms with Gasteiger partial charge in [0.05, 0.1) is 11.4 Å². The van der Waals surface area contributed by atoms with Crippen molar-refractivity contribution in [2.75, 3.05) is 0 Å². The Hall–Kier alpha value is -0.980. The number of halogens is 1. The van der Waals surface area contributed by atoms with E-state index in [1.807, 2.05) is 18.2 Å². The maximum atomic E-state index is 6.08. The molecule has 0 aliphatic carbocycles. The van der Waals surface area contributed by atoms with Crippen LogP contribution in [-0.4, -0.2) is 10.2 Å². The van der Waals surface area contributed by atoms with Gasteiger partial charge in [0.1, 0.15) is 0 Å². The van der Waals surface area contributed by atoms with Crippen LogP contribution in [0.5, 0.6) is 0 Å². The molecule has 0 fully saturated rings. The van der Waals surface area contributed by atoms with Gasteiger partial charge in [0.15, 0.2) is 0 Å². The maximum absolute atomic E-state index is 6.08. The average Bonchev–Trinajstić information content (AvgIpc) is 2.44. The fourth-order valence-corrected chi connectivity index (χ4v) is 2.95. The van der Waals surface area contributed by atoms with Gasteiger partial charge in [-0.3, -0.25) is 0 Å². The first kappa shape index (κ1) is 15.4. The van der Waals surface area contributed by atoms with E-state index in [0.29, 0.717) is 5.92 Å². The van der Waals surface area contributed by atoms with Crippen molar-refractivity contribution in [1.29, 1.82) is 0 Å². The summed E-state index contributed by atoms with van der Waals surface area (Å²) < 4.78 is 0. The van der Waals surface area contributed by atoms with E-state index in [-0.39, 0.29) is 0 Å². The van der Waals surface area contributed by atoms with Gasteiger partial charge in [-0.1, -0.05) is 31.5 Å². The molecule has 0 bridgehead atoms. The Balaban J connectivity index is 2.45. The van der Waals surface area contributed by atoms with E-state index < -0.39 is 0 Å². The lowest BCUT2D eigenvalue weighted by Crippen LogP contribution is -2.06. The first-order chi connectivity index (χ1) is 9.56. The summed E-state index contributed by atoms with van der Waals surface area (Å²) in [5.74, 6) is 0.492. The van der Waals surface area contributed by atoms with Crippen molar-refractivity contribution in [3.63, 3.8) is 0 Å². The van der Waals surface area contributed by atoms with Crippen molar-refractivity contribution in [2.45, 2.75) is 39.5 Å². The first-order valence-corrected chi connectivity index (χ1v) is 7.91. The summed E-state index contributed by atoms with van der Waals surface area (Å²) in [6.07, 6.45) is 2.19. The second-order valence-corrected chi connectivity index (χ2v) is 6.10. The third-order valence-electron chi connectivity index (χ3n) is 3.69. The minimum Gasteiger partial charge on any atom is -0.154 e. The highest BCUT2D eigenvalue weighted by Crippen LogP contribution is 2.27. The molecule has 0 spiro atoms. The topological polar surface area (TPSA) is 25.8 Å². The monoisotopic (exact) mass is 306 g/mol. The van der Waals surface area contributed by atoms with Crippen molar-refractivity contribution in [3.05, 3.63) is 40.5 Å². The summed E-state index contributed by atoms with van der Waals surface area (Å²) in [6.45, 7) is 6.50. The van der Waals surface area contributed by atoms with Gasteiger partial charge in [-0.2, -0.15) is 10.2 Å². The van der Waals surface area contributed by atoms with Crippen LogP contribution in [0.1, 0.15) is 43.9 Å². The Labute approximate surface area is 128 Å². The van der Waals surface area contributed by atoms with Crippen molar-refractivity contribution in [1.82, 2.24) is 10.2 Å². The molecule has 0 N–H and O–H groups in total. The predicted molar refractivity (Wildman–Crippen MR) is 89.9 cm³/mol. The molecule has 0 amide bonds. The summed E-state index contributed by atoms with van der Waals surface area (Å²) in [6, 6.07) is 7.91. The highest BCUT2D eigenvalue weighted by Gasteiger charge is 2.14. The van der Waals surface area contributed by atoms with Gasteiger partial charge < -0.3 is 0 Å². The summed E-state index contributed by atoms with van der Waals surface area (Å²) in [7, 11) is 2.72. The number of aromatic nitrogens is 2. The lowest BCUT2D eigenvalue weighted by atomic mass is 9.95. The third-order valence-corrected chi connectivity index (χ3v) is 4.42. The van der Waals surface area contributed by atoms with Gasteiger partial charge in [-0.05, 0) is 48.8 Å². The number of aryl methyl sites for hydroxylation is 1. The van der Waals surface area contributed by atoms with Gasteiger partial charge in [0, 0.05) is 16.5 Å². The van der Waals surface area contributed by atoms with Crippen LogP contribution in [0.4, 0.5) is 0 Å². The molecule has 1 heterocycles. The van der Waals surface area contributed by atoms with E-state index in [1.54, 1.807) is 0 Å². The molecule has 2 nitrogen and oxygen atoms in total. The molecule has 1 unspecified atom stereocenters. The molecule has 0 saturated carbocycles. The van der Waals surface area contributed by atoms with Crippen LogP contribution in [0, 0.1) is 6.92 Å². The zero-order valence-electron chi connectivity index (χ0n) is 12.2. The minimum atomic E-state index is 0.492. The van der Waals surface area contributed by atoms with Gasteiger partial charge in [-0.25, -0.2) is 0 Å². The van der Waals surface area contributed by atoms with Crippen LogP contribution < -0.4 is 5.30 Å². The normalized spacial score (nSPS) is 11.1. The summed E-state index contributed by atoms with van der Waals surface area (Å²) >= 11 is 6.08. The van der Waals surface area contributed by atoms with Crippen LogP contribution >= 0.6 is 20.8 Å². The SMILES string of the molecule is CCC(CC)c1nnc(-c2cc(Cl)ccc2P)cc1C. The highest BCUT2D eigenvalue weighted by atomic mass is 35.5. The molecule has 2 rings (SSSR count). The molecule has 20 heavy (non-hydrogen) atoms. The smallest absolute Gasteiger partial charge is 0.0939 e. The van der Waals surface area contributed by atoms with E-state index in [9.17, 15) is 0 Å². The lowest BCUT2D eigenvalue weighted by Gasteiger charge is -2.15. The molecule has 0 radical (unpaired) electrons. The lowest BCUT2D eigenvalue weighted by molar-refractivity contribution is 0.608. The highest BCUT2D eigenvalue weighted by molar-refractivity contribution is 7.28. The Morgan fingerprint density at radius 2 is 1.85 bits per heavy atom. The molecule has 0 aliphatic heterocycles. The molecule has 0 saturated heterocycles. The number of hydrogen-bond acceptors (Lipinski definition) is 2. The number of rotatable bonds is 4. The quantitative estimate of drug-likeness (QED) is 0.777. The maximum Gasteiger partial charge on any atom is 0.0939 e. The van der Waals surface area contributed by atoms with Crippen molar-refractivity contribution >= 4 is 26.1 Å². The Bertz CT molecular complexity index is 609. The van der Waals surface area contributed by atoms with E-state index in [0.717, 1.165) is 40.1 Å². The van der Waals surface area contributed by atoms with Crippen molar-refractivity contribution < 1.29 is 0 Å². The average molecular weight is 307 g/mol. The van der Waals surface area contributed by atoms with Crippen LogP contribution in [-0.2, 0) is 0 Å². The second kappa shape index (κ2) is 6.65. The van der Waals surface area contributed by atoms with Gasteiger partial charge >= 0.3 is 0 Å². The molecule has 1 aromatic carbocycles. The Kier molecular flexibility index (Phi) is 5.12. The Morgan fingerprint density at radius 3 is 2.45 bits per heavy atom. The molecule has 1 atom stereocenters. The summed E-state index contributed by atoms with van der Waals surface area (Å²) in [5, 5.41) is 10.7. The Morgan fingerprint density at radius 1 is 1.15 bits per heavy atom. The molecule has 2 aromatic rings. The second-order valence-electron chi connectivity index (χ2n) is 5.04. The zero-order chi connectivity index (χ0) is 14.7. The van der Waals surface area contributed by atoms with Gasteiger partial charge in [0.25, 0.3) is 0 Å². The van der Waals surface area contributed by atoms with Crippen molar-refractivity contribution in [2.24, 2.45) is 0 Å². The third kappa shape index (κ3) is 3.19. The molecular weight excluding hydrogens is 287 g/mol. The van der Waals surface area contributed by atoms with Crippen LogP contribution in [0.15, 0.2) is 24.3 Å². The molecular formula is C16H20ClN2P. The summed E-state index contributed by atoms with van der Waals surface area (Å²) in [5.41, 5.74) is 4.22. The van der Waals surface area contributed by atoms with E-state index in [1.165, 1.54) is 5.56 Å². The molecule has 4 heteroatoms. The van der Waals surface area contributed by atoms with Crippen LogP contribution in [0.25, 0.3) is 11.3 Å².